The molecule has 0 bridgehead atoms. The Bertz CT molecular complexity index is 1140. The van der Waals surface area contributed by atoms with Gasteiger partial charge in [0, 0.05) is 22.8 Å². The summed E-state index contributed by atoms with van der Waals surface area (Å²) in [5.74, 6) is -0.686. The summed E-state index contributed by atoms with van der Waals surface area (Å²) in [7, 11) is 0. The molecule has 3 N–H and O–H groups in total. The van der Waals surface area contributed by atoms with Gasteiger partial charge in [-0.3, -0.25) is 9.59 Å². The van der Waals surface area contributed by atoms with Crippen LogP contribution in [-0.4, -0.2) is 27.2 Å². The molecule has 33 heavy (non-hydrogen) atoms. The number of aliphatic carboxylic acids is 1. The molecular formula is C24H25ClN4O4. The fraction of sp³-hybridized carbons (Fsp3) is 0.333. The zero-order chi connectivity index (χ0) is 23.4. The summed E-state index contributed by atoms with van der Waals surface area (Å²) in [6, 6.07) is 13.2. The minimum Gasteiger partial charge on any atom is -0.481 e. The standard InChI is InChI=1S/C24H25ClN4O4/c1-14-19(25)3-2-4-20(14)27-24-29-28-23(33-24)22(32)26-18-11-9-17(10-12-18)16-7-5-15(6-8-16)13-21(30)31/h2-4,9-12,15-16H,5-8,13H2,1H3,(H,26,32)(H,27,29)(H,30,31)/t15-,16-. The van der Waals surface area contributed by atoms with Crippen molar-refractivity contribution < 1.29 is 19.1 Å². The van der Waals surface area contributed by atoms with E-state index in [2.05, 4.69) is 20.8 Å². The summed E-state index contributed by atoms with van der Waals surface area (Å²) in [5, 5.41) is 23.0. The SMILES string of the molecule is Cc1c(Cl)cccc1Nc1nnc(C(=O)Nc2ccc([C@H]3CC[C@H](CC(=O)O)CC3)cc2)o1. The summed E-state index contributed by atoms with van der Waals surface area (Å²) in [6.07, 6.45) is 4.07. The highest BCUT2D eigenvalue weighted by Crippen LogP contribution is 2.37. The minimum atomic E-state index is -0.720. The number of aromatic nitrogens is 2. The van der Waals surface area contributed by atoms with E-state index in [1.165, 1.54) is 5.56 Å². The molecule has 1 aliphatic carbocycles. The fourth-order valence-corrected chi connectivity index (χ4v) is 4.37. The zero-order valence-electron chi connectivity index (χ0n) is 18.2. The third-order valence-corrected chi connectivity index (χ3v) is 6.49. The molecule has 1 heterocycles. The Labute approximate surface area is 196 Å². The highest BCUT2D eigenvalue weighted by atomic mass is 35.5. The Morgan fingerprint density at radius 1 is 1.09 bits per heavy atom. The van der Waals surface area contributed by atoms with E-state index in [0.717, 1.165) is 31.2 Å². The quantitative estimate of drug-likeness (QED) is 0.402. The number of benzene rings is 2. The van der Waals surface area contributed by atoms with Crippen LogP contribution in [0.15, 0.2) is 46.9 Å². The topological polar surface area (TPSA) is 117 Å². The number of halogens is 1. The van der Waals surface area contributed by atoms with Gasteiger partial charge in [0.1, 0.15) is 0 Å². The Kier molecular flexibility index (Phi) is 6.93. The van der Waals surface area contributed by atoms with Gasteiger partial charge in [0.15, 0.2) is 0 Å². The Balaban J connectivity index is 1.33. The van der Waals surface area contributed by atoms with Gasteiger partial charge in [0.2, 0.25) is 0 Å². The smallest absolute Gasteiger partial charge is 0.320 e. The van der Waals surface area contributed by atoms with Crippen LogP contribution in [0.5, 0.6) is 0 Å². The van der Waals surface area contributed by atoms with Gasteiger partial charge in [-0.15, -0.1) is 5.10 Å². The van der Waals surface area contributed by atoms with Crippen molar-refractivity contribution in [3.8, 4) is 0 Å². The van der Waals surface area contributed by atoms with Crippen molar-refractivity contribution in [3.63, 3.8) is 0 Å². The maximum Gasteiger partial charge on any atom is 0.320 e. The van der Waals surface area contributed by atoms with E-state index in [9.17, 15) is 9.59 Å². The van der Waals surface area contributed by atoms with Crippen LogP contribution in [-0.2, 0) is 4.79 Å². The minimum absolute atomic E-state index is 0.0966. The number of nitrogens with one attached hydrogen (secondary N) is 2. The number of nitrogens with zero attached hydrogens (tertiary/aromatic N) is 2. The van der Waals surface area contributed by atoms with Gasteiger partial charge in [0.25, 0.3) is 0 Å². The molecule has 2 aromatic carbocycles. The van der Waals surface area contributed by atoms with Gasteiger partial charge in [-0.1, -0.05) is 34.9 Å². The van der Waals surface area contributed by atoms with Crippen molar-refractivity contribution in [1.82, 2.24) is 10.2 Å². The molecule has 3 aromatic rings. The van der Waals surface area contributed by atoms with Gasteiger partial charge < -0.3 is 20.2 Å². The Morgan fingerprint density at radius 2 is 1.82 bits per heavy atom. The number of carboxylic acid groups (broad SMARTS) is 1. The molecule has 0 spiro atoms. The molecule has 4 rings (SSSR count). The first-order chi connectivity index (χ1) is 15.9. The zero-order valence-corrected chi connectivity index (χ0v) is 18.9. The lowest BCUT2D eigenvalue weighted by atomic mass is 9.77. The molecule has 0 unspecified atom stereocenters. The number of anilines is 3. The van der Waals surface area contributed by atoms with Crippen LogP contribution < -0.4 is 10.6 Å². The Hall–Kier alpha value is -3.39. The normalized spacial score (nSPS) is 18.0. The number of carbonyl (C=O) groups excluding carboxylic acids is 1. The number of amides is 1. The van der Waals surface area contributed by atoms with E-state index >= 15 is 0 Å². The number of rotatable bonds is 7. The van der Waals surface area contributed by atoms with Gasteiger partial charge in [-0.25, -0.2) is 0 Å². The number of carbonyl (C=O) groups is 2. The third kappa shape index (κ3) is 5.70. The lowest BCUT2D eigenvalue weighted by Gasteiger charge is -2.28. The maximum absolute atomic E-state index is 12.5. The van der Waals surface area contributed by atoms with Gasteiger partial charge in [0.05, 0.1) is 0 Å². The van der Waals surface area contributed by atoms with E-state index in [-0.39, 0.29) is 24.2 Å². The van der Waals surface area contributed by atoms with E-state index in [0.29, 0.717) is 22.3 Å². The van der Waals surface area contributed by atoms with Crippen molar-refractivity contribution in [1.29, 1.82) is 0 Å². The lowest BCUT2D eigenvalue weighted by Crippen LogP contribution is -2.16. The van der Waals surface area contributed by atoms with Crippen LogP contribution in [0.3, 0.4) is 0 Å². The molecule has 0 atom stereocenters. The second-order valence-corrected chi connectivity index (χ2v) is 8.75. The van der Waals surface area contributed by atoms with Crippen molar-refractivity contribution in [3.05, 3.63) is 64.5 Å². The summed E-state index contributed by atoms with van der Waals surface area (Å²) in [5.41, 5.74) is 3.37. The van der Waals surface area contributed by atoms with Crippen LogP contribution in [0.1, 0.15) is 59.8 Å². The van der Waals surface area contributed by atoms with Crippen LogP contribution in [0.25, 0.3) is 0 Å². The van der Waals surface area contributed by atoms with Crippen LogP contribution in [0, 0.1) is 12.8 Å². The van der Waals surface area contributed by atoms with Crippen molar-refractivity contribution >= 4 is 40.9 Å². The summed E-state index contributed by atoms with van der Waals surface area (Å²) in [6.45, 7) is 1.86. The summed E-state index contributed by atoms with van der Waals surface area (Å²) < 4.78 is 5.44. The number of hydrogen-bond acceptors (Lipinski definition) is 6. The second kappa shape index (κ2) is 10.0. The first kappa shape index (κ1) is 22.8. The largest absolute Gasteiger partial charge is 0.481 e. The van der Waals surface area contributed by atoms with Crippen LogP contribution in [0.2, 0.25) is 5.02 Å². The average Bonchev–Trinajstić information content (AvgIpc) is 3.26. The predicted octanol–water partition coefficient (Wildman–Crippen LogP) is 5.78. The van der Waals surface area contributed by atoms with Crippen molar-refractivity contribution in [2.45, 2.75) is 44.9 Å². The molecule has 1 amide bonds. The van der Waals surface area contributed by atoms with Crippen LogP contribution in [0.4, 0.5) is 17.4 Å². The van der Waals surface area contributed by atoms with E-state index in [1.807, 2.05) is 37.3 Å². The first-order valence-corrected chi connectivity index (χ1v) is 11.3. The molecule has 0 radical (unpaired) electrons. The highest BCUT2D eigenvalue weighted by Gasteiger charge is 2.24. The Morgan fingerprint density at radius 3 is 2.52 bits per heavy atom. The molecule has 1 saturated carbocycles. The number of hydrogen-bond donors (Lipinski definition) is 3. The number of carboxylic acids is 1. The van der Waals surface area contributed by atoms with Crippen molar-refractivity contribution in [2.24, 2.45) is 5.92 Å². The van der Waals surface area contributed by atoms with Gasteiger partial charge in [-0.05, 0) is 79.8 Å². The highest BCUT2D eigenvalue weighted by molar-refractivity contribution is 6.31. The maximum atomic E-state index is 12.5. The van der Waals surface area contributed by atoms with E-state index in [1.54, 1.807) is 12.1 Å². The monoisotopic (exact) mass is 468 g/mol. The molecule has 0 aliphatic heterocycles. The molecule has 1 aromatic heterocycles. The summed E-state index contributed by atoms with van der Waals surface area (Å²) >= 11 is 6.12. The van der Waals surface area contributed by atoms with Gasteiger partial charge in [-0.2, -0.15) is 0 Å². The van der Waals surface area contributed by atoms with Gasteiger partial charge >= 0.3 is 23.8 Å². The molecule has 1 fully saturated rings. The third-order valence-electron chi connectivity index (χ3n) is 6.08. The van der Waals surface area contributed by atoms with E-state index < -0.39 is 11.9 Å². The van der Waals surface area contributed by atoms with Crippen LogP contribution >= 0.6 is 11.6 Å². The van der Waals surface area contributed by atoms with Crippen molar-refractivity contribution in [2.75, 3.05) is 10.6 Å². The predicted molar refractivity (Wildman–Crippen MR) is 125 cm³/mol. The molecular weight excluding hydrogens is 444 g/mol. The molecule has 172 valence electrons. The lowest BCUT2D eigenvalue weighted by molar-refractivity contribution is -0.138. The van der Waals surface area contributed by atoms with E-state index in [4.69, 9.17) is 21.1 Å². The fourth-order valence-electron chi connectivity index (χ4n) is 4.19. The molecule has 1 aliphatic rings. The summed E-state index contributed by atoms with van der Waals surface area (Å²) in [4.78, 5) is 23.4. The second-order valence-electron chi connectivity index (χ2n) is 8.34. The molecule has 8 nitrogen and oxygen atoms in total. The average molecular weight is 469 g/mol. The molecule has 0 saturated heterocycles. The molecule has 9 heteroatoms. The first-order valence-electron chi connectivity index (χ1n) is 10.9.